The second-order valence-corrected chi connectivity index (χ2v) is 5.63. The zero-order chi connectivity index (χ0) is 12.7. The van der Waals surface area contributed by atoms with Gasteiger partial charge in [-0.25, -0.2) is 0 Å². The van der Waals surface area contributed by atoms with Crippen LogP contribution in [0.5, 0.6) is 0 Å². The Morgan fingerprint density at radius 2 is 1.67 bits per heavy atom. The summed E-state index contributed by atoms with van der Waals surface area (Å²) in [7, 11) is 0. The first-order chi connectivity index (χ1) is 8.63. The first-order valence-corrected chi connectivity index (χ1v) is 6.69. The second kappa shape index (κ2) is 4.24. The van der Waals surface area contributed by atoms with Gasteiger partial charge in [-0.05, 0) is 59.6 Å². The number of hydrogen-bond acceptors (Lipinski definition) is 1. The molecule has 1 heterocycles. The minimum Gasteiger partial charge on any atom is -0.261 e. The molecule has 0 N–H and O–H groups in total. The van der Waals surface area contributed by atoms with Gasteiger partial charge in [0.25, 0.3) is 0 Å². The van der Waals surface area contributed by atoms with Crippen LogP contribution in [0, 0.1) is 6.92 Å². The summed E-state index contributed by atoms with van der Waals surface area (Å²) in [6.07, 6.45) is 4.15. The number of pyridine rings is 1. The van der Waals surface area contributed by atoms with E-state index >= 15 is 0 Å². The summed E-state index contributed by atoms with van der Waals surface area (Å²) in [4.78, 5) is 4.42. The van der Waals surface area contributed by atoms with Crippen molar-refractivity contribution in [3.05, 3.63) is 64.0 Å². The van der Waals surface area contributed by atoms with E-state index in [1.165, 1.54) is 27.8 Å². The van der Waals surface area contributed by atoms with Crippen molar-refractivity contribution in [1.82, 2.24) is 4.98 Å². The molecule has 0 radical (unpaired) electrons. The van der Waals surface area contributed by atoms with Crippen LogP contribution in [-0.4, -0.2) is 4.98 Å². The molecular weight excluding hydrogens is 218 g/mol. The van der Waals surface area contributed by atoms with Gasteiger partial charge < -0.3 is 0 Å². The molecule has 1 aliphatic rings. The highest BCUT2D eigenvalue weighted by molar-refractivity contribution is 5.46. The summed E-state index contributed by atoms with van der Waals surface area (Å²) in [5.74, 6) is 0.604. The van der Waals surface area contributed by atoms with E-state index in [9.17, 15) is 0 Å². The lowest BCUT2D eigenvalue weighted by Gasteiger charge is -2.21. The van der Waals surface area contributed by atoms with Gasteiger partial charge >= 0.3 is 0 Å². The first kappa shape index (κ1) is 11.5. The molecule has 1 nitrogen and oxygen atoms in total. The van der Waals surface area contributed by atoms with E-state index in [0.717, 1.165) is 18.5 Å². The van der Waals surface area contributed by atoms with Crippen LogP contribution < -0.4 is 0 Å². The predicted octanol–water partition coefficient (Wildman–Crippen LogP) is 4.01. The molecule has 0 bridgehead atoms. The molecule has 2 aromatic rings. The fraction of sp³-hybridized carbons (Fsp3) is 0.353. The standard InChI is InChI=1S/C17H19N/c1-11(2)13-4-5-14-8-15-6-12(3)18-10-17(15)9-16(14)7-13/h4-7,10-11H,8-9H2,1-3H3. The molecule has 0 saturated heterocycles. The van der Waals surface area contributed by atoms with E-state index in [0.29, 0.717) is 5.92 Å². The summed E-state index contributed by atoms with van der Waals surface area (Å²) >= 11 is 0. The van der Waals surface area contributed by atoms with E-state index in [1.54, 1.807) is 0 Å². The molecule has 1 aliphatic carbocycles. The smallest absolute Gasteiger partial charge is 0.0375 e. The molecule has 0 saturated carbocycles. The number of hydrogen-bond donors (Lipinski definition) is 0. The Kier molecular flexibility index (Phi) is 2.70. The molecule has 0 aliphatic heterocycles. The lowest BCUT2D eigenvalue weighted by Crippen LogP contribution is -2.09. The fourth-order valence-corrected chi connectivity index (χ4v) is 2.72. The quantitative estimate of drug-likeness (QED) is 0.623. The maximum absolute atomic E-state index is 4.42. The Morgan fingerprint density at radius 3 is 2.44 bits per heavy atom. The van der Waals surface area contributed by atoms with E-state index < -0.39 is 0 Å². The van der Waals surface area contributed by atoms with Gasteiger partial charge in [0.1, 0.15) is 0 Å². The lowest BCUT2D eigenvalue weighted by atomic mass is 9.85. The van der Waals surface area contributed by atoms with Crippen LogP contribution in [0.4, 0.5) is 0 Å². The minimum atomic E-state index is 0.604. The van der Waals surface area contributed by atoms with Gasteiger partial charge in [-0.3, -0.25) is 4.98 Å². The van der Waals surface area contributed by atoms with Gasteiger partial charge in [-0.2, -0.15) is 0 Å². The van der Waals surface area contributed by atoms with Gasteiger partial charge in [0.05, 0.1) is 0 Å². The molecule has 1 aromatic carbocycles. The van der Waals surface area contributed by atoms with Gasteiger partial charge in [-0.15, -0.1) is 0 Å². The molecule has 3 rings (SSSR count). The van der Waals surface area contributed by atoms with Crippen molar-refractivity contribution < 1.29 is 0 Å². The third-order valence-corrected chi connectivity index (χ3v) is 3.88. The third-order valence-electron chi connectivity index (χ3n) is 3.88. The Balaban J connectivity index is 2.02. The summed E-state index contributed by atoms with van der Waals surface area (Å²) < 4.78 is 0. The van der Waals surface area contributed by atoms with Crippen molar-refractivity contribution in [2.24, 2.45) is 0 Å². The van der Waals surface area contributed by atoms with E-state index in [4.69, 9.17) is 0 Å². The van der Waals surface area contributed by atoms with Crippen molar-refractivity contribution in [2.45, 2.75) is 39.5 Å². The fourth-order valence-electron chi connectivity index (χ4n) is 2.72. The SMILES string of the molecule is Cc1cc2c(cn1)Cc1cc(C(C)C)ccc1C2. The Labute approximate surface area is 109 Å². The molecule has 1 aromatic heterocycles. The third kappa shape index (κ3) is 1.94. The molecule has 0 amide bonds. The lowest BCUT2D eigenvalue weighted by molar-refractivity contribution is 0.856. The summed E-state index contributed by atoms with van der Waals surface area (Å²) in [5, 5.41) is 0. The number of nitrogens with zero attached hydrogens (tertiary/aromatic N) is 1. The Morgan fingerprint density at radius 1 is 0.944 bits per heavy atom. The molecular formula is C17H19N. The van der Waals surface area contributed by atoms with Crippen molar-refractivity contribution >= 4 is 0 Å². The zero-order valence-corrected chi connectivity index (χ0v) is 11.3. The van der Waals surface area contributed by atoms with Crippen LogP contribution in [0.25, 0.3) is 0 Å². The van der Waals surface area contributed by atoms with E-state index in [-0.39, 0.29) is 0 Å². The van der Waals surface area contributed by atoms with Crippen LogP contribution in [0.1, 0.15) is 53.3 Å². The highest BCUT2D eigenvalue weighted by Gasteiger charge is 2.16. The number of rotatable bonds is 1. The van der Waals surface area contributed by atoms with Gasteiger partial charge in [0.2, 0.25) is 0 Å². The number of aromatic nitrogens is 1. The van der Waals surface area contributed by atoms with Crippen molar-refractivity contribution in [3.8, 4) is 0 Å². The van der Waals surface area contributed by atoms with Crippen LogP contribution in [-0.2, 0) is 12.8 Å². The maximum Gasteiger partial charge on any atom is 0.0375 e. The van der Waals surface area contributed by atoms with E-state index in [2.05, 4.69) is 56.2 Å². The van der Waals surface area contributed by atoms with Crippen LogP contribution in [0.3, 0.4) is 0 Å². The zero-order valence-electron chi connectivity index (χ0n) is 11.3. The van der Waals surface area contributed by atoms with Crippen LogP contribution >= 0.6 is 0 Å². The maximum atomic E-state index is 4.42. The largest absolute Gasteiger partial charge is 0.261 e. The van der Waals surface area contributed by atoms with Crippen LogP contribution in [0.15, 0.2) is 30.5 Å². The molecule has 0 unspecified atom stereocenters. The molecule has 0 atom stereocenters. The summed E-state index contributed by atoms with van der Waals surface area (Å²) in [6, 6.07) is 9.20. The highest BCUT2D eigenvalue weighted by atomic mass is 14.7. The number of benzene rings is 1. The monoisotopic (exact) mass is 237 g/mol. The van der Waals surface area contributed by atoms with Crippen molar-refractivity contribution in [1.29, 1.82) is 0 Å². The molecule has 0 fully saturated rings. The summed E-state index contributed by atoms with van der Waals surface area (Å²) in [5.41, 5.74) is 8.38. The number of aryl methyl sites for hydroxylation is 1. The van der Waals surface area contributed by atoms with Crippen LogP contribution in [0.2, 0.25) is 0 Å². The van der Waals surface area contributed by atoms with Crippen molar-refractivity contribution in [3.63, 3.8) is 0 Å². The number of fused-ring (bicyclic) bond motifs is 2. The molecule has 1 heteroatoms. The van der Waals surface area contributed by atoms with E-state index in [1.807, 2.05) is 0 Å². The Bertz CT molecular complexity index is 597. The average Bonchev–Trinajstić information content (AvgIpc) is 2.35. The topological polar surface area (TPSA) is 12.9 Å². The molecule has 18 heavy (non-hydrogen) atoms. The summed E-state index contributed by atoms with van der Waals surface area (Å²) in [6.45, 7) is 6.57. The van der Waals surface area contributed by atoms with Gasteiger partial charge in [0.15, 0.2) is 0 Å². The normalized spacial score (nSPS) is 13.3. The van der Waals surface area contributed by atoms with Gasteiger partial charge in [-0.1, -0.05) is 32.0 Å². The first-order valence-electron chi connectivity index (χ1n) is 6.69. The predicted molar refractivity (Wildman–Crippen MR) is 75.1 cm³/mol. The average molecular weight is 237 g/mol. The molecule has 92 valence electrons. The second-order valence-electron chi connectivity index (χ2n) is 5.63. The molecule has 0 spiro atoms. The Hall–Kier alpha value is -1.63. The van der Waals surface area contributed by atoms with Gasteiger partial charge in [0, 0.05) is 11.9 Å². The van der Waals surface area contributed by atoms with Crippen molar-refractivity contribution in [2.75, 3.05) is 0 Å². The highest BCUT2D eigenvalue weighted by Crippen LogP contribution is 2.29. The minimum absolute atomic E-state index is 0.604.